The third-order valence-electron chi connectivity index (χ3n) is 2.88. The summed E-state index contributed by atoms with van der Waals surface area (Å²) in [5.74, 6) is 0. The van der Waals surface area contributed by atoms with Crippen molar-refractivity contribution in [1.29, 1.82) is 0 Å². The van der Waals surface area contributed by atoms with Gasteiger partial charge in [0.2, 0.25) is 0 Å². The van der Waals surface area contributed by atoms with Crippen LogP contribution in [-0.2, 0) is 0 Å². The Balaban J connectivity index is -0.000000221. The lowest BCUT2D eigenvalue weighted by Gasteiger charge is -2.16. The van der Waals surface area contributed by atoms with Crippen LogP contribution in [0.15, 0.2) is 12.3 Å². The van der Waals surface area contributed by atoms with Gasteiger partial charge < -0.3 is 5.73 Å². The van der Waals surface area contributed by atoms with Gasteiger partial charge in [-0.15, -0.1) is 0 Å². The largest absolute Gasteiger partial charge is 0.402 e. The first-order valence-electron chi connectivity index (χ1n) is 7.97. The zero-order valence-corrected chi connectivity index (χ0v) is 16.4. The quantitative estimate of drug-likeness (QED) is 0.564. The first kappa shape index (κ1) is 24.6. The first-order chi connectivity index (χ1) is 8.54. The SMILES string of the molecule is C=C(N)CC(C)(C)C.CCC(C)(C)C.CCC(C)(C)C. The minimum Gasteiger partial charge on any atom is -0.402 e. The van der Waals surface area contributed by atoms with E-state index in [-0.39, 0.29) is 0 Å². The number of hydrogen-bond donors (Lipinski definition) is 1. The number of hydrogen-bond acceptors (Lipinski definition) is 1. The van der Waals surface area contributed by atoms with Crippen molar-refractivity contribution in [3.05, 3.63) is 12.3 Å². The maximum absolute atomic E-state index is 5.38. The molecule has 0 spiro atoms. The van der Waals surface area contributed by atoms with Crippen molar-refractivity contribution in [1.82, 2.24) is 0 Å². The van der Waals surface area contributed by atoms with Gasteiger partial charge in [0.1, 0.15) is 0 Å². The normalized spacial score (nSPS) is 11.8. The second kappa shape index (κ2) is 10.3. The van der Waals surface area contributed by atoms with Crippen LogP contribution in [0.4, 0.5) is 0 Å². The van der Waals surface area contributed by atoms with Crippen molar-refractivity contribution < 1.29 is 0 Å². The molecule has 0 saturated carbocycles. The van der Waals surface area contributed by atoms with Crippen LogP contribution in [0.2, 0.25) is 0 Å². The molecule has 20 heavy (non-hydrogen) atoms. The van der Waals surface area contributed by atoms with E-state index in [0.29, 0.717) is 16.2 Å². The van der Waals surface area contributed by atoms with Crippen molar-refractivity contribution in [3.63, 3.8) is 0 Å². The summed E-state index contributed by atoms with van der Waals surface area (Å²) >= 11 is 0. The molecule has 0 heterocycles. The molecule has 0 unspecified atom stereocenters. The molecule has 0 rings (SSSR count). The Hall–Kier alpha value is -0.460. The van der Waals surface area contributed by atoms with E-state index < -0.39 is 0 Å². The van der Waals surface area contributed by atoms with Gasteiger partial charge in [0, 0.05) is 5.70 Å². The molecule has 1 heteroatoms. The van der Waals surface area contributed by atoms with Crippen molar-refractivity contribution in [2.24, 2.45) is 22.0 Å². The van der Waals surface area contributed by atoms with Gasteiger partial charge in [0.15, 0.2) is 0 Å². The molecule has 0 aromatic carbocycles. The summed E-state index contributed by atoms with van der Waals surface area (Å²) in [5.41, 5.74) is 7.54. The lowest BCUT2D eigenvalue weighted by atomic mass is 9.91. The van der Waals surface area contributed by atoms with Crippen LogP contribution in [0.1, 0.15) is 95.4 Å². The summed E-state index contributed by atoms with van der Waals surface area (Å²) in [7, 11) is 0. The zero-order valence-electron chi connectivity index (χ0n) is 16.4. The lowest BCUT2D eigenvalue weighted by Crippen LogP contribution is -2.09. The fourth-order valence-corrected chi connectivity index (χ4v) is 0.681. The molecule has 0 aliphatic heterocycles. The Bertz CT molecular complexity index is 216. The molecule has 0 aliphatic rings. The van der Waals surface area contributed by atoms with E-state index in [4.69, 9.17) is 5.73 Å². The van der Waals surface area contributed by atoms with Gasteiger partial charge in [-0.3, -0.25) is 0 Å². The maximum Gasteiger partial charge on any atom is 0.00127 e. The van der Waals surface area contributed by atoms with Crippen LogP contribution in [0.3, 0.4) is 0 Å². The summed E-state index contributed by atoms with van der Waals surface area (Å²) in [4.78, 5) is 0. The molecule has 0 saturated heterocycles. The van der Waals surface area contributed by atoms with E-state index in [1.54, 1.807) is 0 Å². The van der Waals surface area contributed by atoms with Gasteiger partial charge >= 0.3 is 0 Å². The Morgan fingerprint density at radius 2 is 0.900 bits per heavy atom. The molecule has 0 radical (unpaired) electrons. The highest BCUT2D eigenvalue weighted by Crippen LogP contribution is 2.20. The van der Waals surface area contributed by atoms with E-state index >= 15 is 0 Å². The summed E-state index contributed by atoms with van der Waals surface area (Å²) < 4.78 is 0. The van der Waals surface area contributed by atoms with E-state index in [1.807, 2.05) is 0 Å². The monoisotopic (exact) mass is 285 g/mol. The molecule has 0 bridgehead atoms. The molecular weight excluding hydrogens is 242 g/mol. The van der Waals surface area contributed by atoms with Gasteiger partial charge in [-0.1, -0.05) is 95.6 Å². The molecule has 0 aliphatic carbocycles. The molecular formula is C19H43N. The van der Waals surface area contributed by atoms with E-state index in [1.165, 1.54) is 12.8 Å². The predicted octanol–water partition coefficient (Wildman–Crippen LogP) is 6.78. The second-order valence-corrected chi connectivity index (χ2v) is 9.22. The van der Waals surface area contributed by atoms with Crippen LogP contribution in [0, 0.1) is 16.2 Å². The molecule has 0 amide bonds. The molecule has 2 N–H and O–H groups in total. The first-order valence-corrected chi connectivity index (χ1v) is 7.97. The maximum atomic E-state index is 5.38. The third-order valence-corrected chi connectivity index (χ3v) is 2.88. The Kier molecular flexibility index (Phi) is 12.6. The van der Waals surface area contributed by atoms with Gasteiger partial charge in [-0.2, -0.15) is 0 Å². The van der Waals surface area contributed by atoms with E-state index in [2.05, 4.69) is 82.7 Å². The zero-order chi connectivity index (χ0) is 17.2. The van der Waals surface area contributed by atoms with Crippen LogP contribution >= 0.6 is 0 Å². The predicted molar refractivity (Wildman–Crippen MR) is 96.9 cm³/mol. The van der Waals surface area contributed by atoms with Crippen LogP contribution in [-0.4, -0.2) is 0 Å². The summed E-state index contributed by atoms with van der Waals surface area (Å²) in [5, 5.41) is 0. The number of allylic oxidation sites excluding steroid dienone is 1. The molecule has 0 fully saturated rings. The average molecular weight is 286 g/mol. The Labute approximate surface area is 130 Å². The van der Waals surface area contributed by atoms with Crippen LogP contribution < -0.4 is 5.73 Å². The minimum atomic E-state index is 0.297. The van der Waals surface area contributed by atoms with Crippen LogP contribution in [0.25, 0.3) is 0 Å². The van der Waals surface area contributed by atoms with Crippen molar-refractivity contribution >= 4 is 0 Å². The van der Waals surface area contributed by atoms with Crippen molar-refractivity contribution in [2.45, 2.75) is 95.4 Å². The fourth-order valence-electron chi connectivity index (χ4n) is 0.681. The van der Waals surface area contributed by atoms with Gasteiger partial charge in [0.05, 0.1) is 0 Å². The third kappa shape index (κ3) is 43.2. The summed E-state index contributed by atoms with van der Waals surface area (Å²) in [6.45, 7) is 27.9. The van der Waals surface area contributed by atoms with E-state index in [0.717, 1.165) is 12.1 Å². The van der Waals surface area contributed by atoms with Gasteiger partial charge in [-0.25, -0.2) is 0 Å². The lowest BCUT2D eigenvalue weighted by molar-refractivity contribution is 0.397. The van der Waals surface area contributed by atoms with Gasteiger partial charge in [0.25, 0.3) is 0 Å². The molecule has 1 nitrogen and oxygen atoms in total. The van der Waals surface area contributed by atoms with E-state index in [9.17, 15) is 0 Å². The number of nitrogens with two attached hydrogens (primary N) is 1. The minimum absolute atomic E-state index is 0.297. The Morgan fingerprint density at radius 1 is 0.700 bits per heavy atom. The standard InChI is InChI=1S/C7H15N.2C6H14/c1-6(8)5-7(2,3)4;2*1-5-6(2,3)4/h1,5,8H2,2-4H3;2*5H2,1-4H3. The van der Waals surface area contributed by atoms with Crippen LogP contribution in [0.5, 0.6) is 0 Å². The molecule has 0 atom stereocenters. The highest BCUT2D eigenvalue weighted by atomic mass is 14.6. The summed E-state index contributed by atoms with van der Waals surface area (Å²) in [6, 6.07) is 0. The fraction of sp³-hybridized carbons (Fsp3) is 0.895. The summed E-state index contributed by atoms with van der Waals surface area (Å²) in [6.07, 6.45) is 3.45. The topological polar surface area (TPSA) is 26.0 Å². The Morgan fingerprint density at radius 3 is 0.900 bits per heavy atom. The highest BCUT2D eigenvalue weighted by molar-refractivity contribution is 4.90. The second-order valence-electron chi connectivity index (χ2n) is 9.22. The molecule has 0 aromatic heterocycles. The molecule has 124 valence electrons. The van der Waals surface area contributed by atoms with Gasteiger partial charge in [-0.05, 0) is 22.7 Å². The average Bonchev–Trinajstić information content (AvgIpc) is 2.13. The van der Waals surface area contributed by atoms with Crippen molar-refractivity contribution in [2.75, 3.05) is 0 Å². The van der Waals surface area contributed by atoms with Crippen molar-refractivity contribution in [3.8, 4) is 0 Å². The number of rotatable bonds is 1. The highest BCUT2D eigenvalue weighted by Gasteiger charge is 2.09. The smallest absolute Gasteiger partial charge is 0.00127 e. The molecule has 0 aromatic rings.